The molecule has 8 atom stereocenters. The molecule has 0 aliphatic heterocycles. The summed E-state index contributed by atoms with van der Waals surface area (Å²) in [5.74, 6) is 1.27. The van der Waals surface area contributed by atoms with Gasteiger partial charge in [0, 0.05) is 0 Å². The number of allylic oxidation sites excluding steroid dienone is 1. The monoisotopic (exact) mass is 386 g/mol. The van der Waals surface area contributed by atoms with E-state index in [-0.39, 0.29) is 10.8 Å². The molecule has 26 heavy (non-hydrogen) atoms. The van der Waals surface area contributed by atoms with Crippen LogP contribution in [0.1, 0.15) is 58.8 Å². The summed E-state index contributed by atoms with van der Waals surface area (Å²) in [6, 6.07) is 0. The second-order valence-corrected chi connectivity index (χ2v) is 10.5. The van der Waals surface area contributed by atoms with Gasteiger partial charge in [0.2, 0.25) is 0 Å². The highest BCUT2D eigenvalue weighted by Gasteiger charge is 2.60. The van der Waals surface area contributed by atoms with Crippen molar-refractivity contribution in [2.75, 3.05) is 0 Å². The van der Waals surface area contributed by atoms with Gasteiger partial charge in [0.1, 0.15) is 0 Å². The molecule has 6 nitrogen and oxygen atoms in total. The summed E-state index contributed by atoms with van der Waals surface area (Å²) in [5, 5.41) is 20.8. The molecule has 4 aliphatic carbocycles. The third-order valence-corrected chi connectivity index (χ3v) is 8.80. The fraction of sp³-hybridized carbons (Fsp3) is 0.895. The lowest BCUT2D eigenvalue weighted by Crippen LogP contribution is -2.51. The molecule has 0 aromatic heterocycles. The van der Waals surface area contributed by atoms with Crippen LogP contribution >= 0.6 is 0 Å². The van der Waals surface area contributed by atoms with Crippen molar-refractivity contribution in [3.8, 4) is 0 Å². The first-order valence-electron chi connectivity index (χ1n) is 9.76. The van der Waals surface area contributed by atoms with Crippen molar-refractivity contribution in [2.45, 2.75) is 77.1 Å². The smallest absolute Gasteiger partial charge is 0.390 e. The topological polar surface area (TPSA) is 104 Å². The number of aliphatic hydroxyl groups is 2. The van der Waals surface area contributed by atoms with E-state index in [0.717, 1.165) is 25.7 Å². The van der Waals surface area contributed by atoms with Crippen LogP contribution in [0.4, 0.5) is 0 Å². The molecule has 0 heterocycles. The van der Waals surface area contributed by atoms with Gasteiger partial charge >= 0.3 is 10.4 Å². The summed E-state index contributed by atoms with van der Waals surface area (Å²) in [6.07, 6.45) is 6.04. The minimum absolute atomic E-state index is 0.0157. The number of aliphatic hydroxyl groups excluding tert-OH is 2. The Morgan fingerprint density at radius 3 is 2.58 bits per heavy atom. The Morgan fingerprint density at radius 2 is 1.88 bits per heavy atom. The quantitative estimate of drug-likeness (QED) is 0.497. The fourth-order valence-electron chi connectivity index (χ4n) is 6.87. The van der Waals surface area contributed by atoms with Crippen LogP contribution in [0.3, 0.4) is 0 Å². The fourth-order valence-corrected chi connectivity index (χ4v) is 7.38. The summed E-state index contributed by atoms with van der Waals surface area (Å²) >= 11 is 0. The van der Waals surface area contributed by atoms with E-state index in [9.17, 15) is 18.6 Å². The van der Waals surface area contributed by atoms with Gasteiger partial charge in [0.15, 0.2) is 0 Å². The standard InChI is InChI=1S/C19H30O6S/c1-18-7-5-12(25-26(22,23)24)9-11(18)3-4-13-14(18)6-8-19(2)15(13)10-16(20)17(19)21/h3,12-17,20-21H,4-10H2,1-2H3,(H,22,23,24)/t12?,13-,14+,15+,16?,17?,18+,19+/m1/s1. The molecule has 0 aromatic rings. The van der Waals surface area contributed by atoms with Crippen LogP contribution in [0.15, 0.2) is 11.6 Å². The second-order valence-electron chi connectivity index (χ2n) is 9.44. The normalized spacial score (nSPS) is 51.2. The van der Waals surface area contributed by atoms with Gasteiger partial charge in [-0.2, -0.15) is 8.42 Å². The molecule has 0 amide bonds. The molecule has 4 rings (SSSR count). The molecule has 4 aliphatic rings. The Labute approximate surface area is 155 Å². The highest BCUT2D eigenvalue weighted by molar-refractivity contribution is 7.80. The summed E-state index contributed by atoms with van der Waals surface area (Å²) < 4.78 is 35.9. The Kier molecular flexibility index (Phi) is 4.36. The molecule has 3 N–H and O–H groups in total. The maximum Gasteiger partial charge on any atom is 0.397 e. The third-order valence-electron chi connectivity index (χ3n) is 8.29. The van der Waals surface area contributed by atoms with E-state index in [1.165, 1.54) is 5.57 Å². The predicted octanol–water partition coefficient (Wildman–Crippen LogP) is 2.47. The lowest BCUT2D eigenvalue weighted by atomic mass is 9.48. The lowest BCUT2D eigenvalue weighted by Gasteiger charge is -2.57. The number of fused-ring (bicyclic) bond motifs is 5. The summed E-state index contributed by atoms with van der Waals surface area (Å²) in [4.78, 5) is 0. The molecular weight excluding hydrogens is 356 g/mol. The molecule has 3 saturated carbocycles. The molecule has 0 spiro atoms. The van der Waals surface area contributed by atoms with E-state index in [0.29, 0.717) is 37.0 Å². The van der Waals surface area contributed by atoms with Crippen molar-refractivity contribution in [3.05, 3.63) is 11.6 Å². The Bertz CT molecular complexity index is 718. The average Bonchev–Trinajstić information content (AvgIpc) is 2.77. The van der Waals surface area contributed by atoms with E-state index in [1.807, 2.05) is 0 Å². The Hall–Kier alpha value is -0.470. The van der Waals surface area contributed by atoms with E-state index in [4.69, 9.17) is 8.74 Å². The van der Waals surface area contributed by atoms with Gasteiger partial charge < -0.3 is 10.2 Å². The first-order valence-corrected chi connectivity index (χ1v) is 11.1. The van der Waals surface area contributed by atoms with Gasteiger partial charge in [0.05, 0.1) is 18.3 Å². The summed E-state index contributed by atoms with van der Waals surface area (Å²) in [6.45, 7) is 4.41. The molecular formula is C19H30O6S. The van der Waals surface area contributed by atoms with Crippen molar-refractivity contribution < 1.29 is 27.4 Å². The maximum atomic E-state index is 11.1. The molecule has 148 valence electrons. The number of hydrogen-bond donors (Lipinski definition) is 3. The molecule has 7 heteroatoms. The Balaban J connectivity index is 1.59. The highest BCUT2D eigenvalue weighted by atomic mass is 32.3. The van der Waals surface area contributed by atoms with Crippen LogP contribution in [0.2, 0.25) is 0 Å². The molecule has 0 radical (unpaired) electrons. The highest BCUT2D eigenvalue weighted by Crippen LogP contribution is 2.64. The zero-order valence-corrected chi connectivity index (χ0v) is 16.3. The van der Waals surface area contributed by atoms with Crippen molar-refractivity contribution in [2.24, 2.45) is 28.6 Å². The van der Waals surface area contributed by atoms with Crippen LogP contribution in [0.5, 0.6) is 0 Å². The zero-order valence-electron chi connectivity index (χ0n) is 15.5. The Morgan fingerprint density at radius 1 is 1.15 bits per heavy atom. The third kappa shape index (κ3) is 2.78. The van der Waals surface area contributed by atoms with Gasteiger partial charge in [-0.15, -0.1) is 0 Å². The van der Waals surface area contributed by atoms with Gasteiger partial charge in [-0.3, -0.25) is 4.55 Å². The zero-order chi connectivity index (χ0) is 18.9. The van der Waals surface area contributed by atoms with Crippen molar-refractivity contribution in [1.29, 1.82) is 0 Å². The average molecular weight is 387 g/mol. The first kappa shape index (κ1) is 18.9. The number of rotatable bonds is 2. The van der Waals surface area contributed by atoms with Gasteiger partial charge in [-0.25, -0.2) is 4.18 Å². The first-order chi connectivity index (χ1) is 12.0. The van der Waals surface area contributed by atoms with Crippen LogP contribution in [0, 0.1) is 28.6 Å². The second kappa shape index (κ2) is 6.01. The van der Waals surface area contributed by atoms with Crippen molar-refractivity contribution >= 4 is 10.4 Å². The molecule has 0 aromatic carbocycles. The van der Waals surface area contributed by atoms with Crippen LogP contribution in [-0.2, 0) is 14.6 Å². The van der Waals surface area contributed by atoms with E-state index in [1.54, 1.807) is 0 Å². The lowest BCUT2D eigenvalue weighted by molar-refractivity contribution is -0.0810. The predicted molar refractivity (Wildman–Crippen MR) is 95.5 cm³/mol. The molecule has 0 saturated heterocycles. The van der Waals surface area contributed by atoms with E-state index >= 15 is 0 Å². The molecule has 3 unspecified atom stereocenters. The SMILES string of the molecule is C[C@]12CCC(OS(=O)(=O)O)CC1=CC[C@@H]1[C@@H]2CC[C@]2(C)C(O)C(O)C[C@@H]12. The molecule has 3 fully saturated rings. The van der Waals surface area contributed by atoms with Crippen LogP contribution in [0.25, 0.3) is 0 Å². The minimum atomic E-state index is -4.42. The van der Waals surface area contributed by atoms with Gasteiger partial charge in [-0.1, -0.05) is 25.5 Å². The van der Waals surface area contributed by atoms with Gasteiger partial charge in [0.25, 0.3) is 0 Å². The number of hydrogen-bond acceptors (Lipinski definition) is 5. The maximum absolute atomic E-state index is 11.1. The van der Waals surface area contributed by atoms with Gasteiger partial charge in [-0.05, 0) is 73.5 Å². The minimum Gasteiger partial charge on any atom is -0.390 e. The van der Waals surface area contributed by atoms with E-state index < -0.39 is 28.7 Å². The van der Waals surface area contributed by atoms with Crippen molar-refractivity contribution in [3.63, 3.8) is 0 Å². The van der Waals surface area contributed by atoms with E-state index in [2.05, 4.69) is 19.9 Å². The molecule has 0 bridgehead atoms. The van der Waals surface area contributed by atoms with Crippen LogP contribution in [-0.4, -0.2) is 41.5 Å². The van der Waals surface area contributed by atoms with Crippen LogP contribution < -0.4 is 0 Å². The largest absolute Gasteiger partial charge is 0.397 e. The summed E-state index contributed by atoms with van der Waals surface area (Å²) in [5.41, 5.74) is 1.07. The summed E-state index contributed by atoms with van der Waals surface area (Å²) in [7, 11) is -4.42. The van der Waals surface area contributed by atoms with Crippen molar-refractivity contribution in [1.82, 2.24) is 0 Å².